The Labute approximate surface area is 87.3 Å². The van der Waals surface area contributed by atoms with Crippen molar-refractivity contribution in [2.24, 2.45) is 0 Å². The van der Waals surface area contributed by atoms with Crippen LogP contribution in [0.5, 0.6) is 0 Å². The highest BCUT2D eigenvalue weighted by atomic mass is 32.2. The molecular formula is C10H9NO3S. The predicted molar refractivity (Wildman–Crippen MR) is 56.3 cm³/mol. The van der Waals surface area contributed by atoms with Crippen molar-refractivity contribution in [1.29, 1.82) is 0 Å². The molecule has 0 fully saturated rings. The van der Waals surface area contributed by atoms with Gasteiger partial charge < -0.3 is 0 Å². The van der Waals surface area contributed by atoms with Gasteiger partial charge in [-0.2, -0.15) is 8.42 Å². The van der Waals surface area contributed by atoms with Crippen LogP contribution in [0, 0.1) is 6.92 Å². The number of pyridine rings is 1. The number of hydrogen-bond acceptors (Lipinski definition) is 3. The molecule has 0 radical (unpaired) electrons. The first kappa shape index (κ1) is 10.1. The van der Waals surface area contributed by atoms with Gasteiger partial charge >= 0.3 is 10.1 Å². The SMILES string of the molecule is Cc1cccc2c(S(=O)(=O)O)nccc12. The molecule has 4 nitrogen and oxygen atoms in total. The van der Waals surface area contributed by atoms with Crippen LogP contribution < -0.4 is 0 Å². The van der Waals surface area contributed by atoms with Crippen LogP contribution in [0.25, 0.3) is 10.8 Å². The Morgan fingerprint density at radius 1 is 1.20 bits per heavy atom. The molecule has 2 rings (SSSR count). The van der Waals surface area contributed by atoms with Crippen LogP contribution in [0.15, 0.2) is 35.5 Å². The Kier molecular flexibility index (Phi) is 2.21. The molecule has 0 aliphatic rings. The highest BCUT2D eigenvalue weighted by Gasteiger charge is 2.15. The molecule has 2 aromatic rings. The van der Waals surface area contributed by atoms with E-state index in [1.807, 2.05) is 13.0 Å². The van der Waals surface area contributed by atoms with Crippen molar-refractivity contribution in [3.05, 3.63) is 36.0 Å². The van der Waals surface area contributed by atoms with Crippen LogP contribution in [0.1, 0.15) is 5.56 Å². The van der Waals surface area contributed by atoms with Gasteiger partial charge in [-0.25, -0.2) is 4.98 Å². The second-order valence-electron chi connectivity index (χ2n) is 3.26. The molecule has 78 valence electrons. The molecule has 0 unspecified atom stereocenters. The molecule has 1 aromatic carbocycles. The van der Waals surface area contributed by atoms with Crippen molar-refractivity contribution >= 4 is 20.9 Å². The summed E-state index contributed by atoms with van der Waals surface area (Å²) in [6.45, 7) is 1.87. The zero-order valence-corrected chi connectivity index (χ0v) is 8.82. The molecule has 0 saturated carbocycles. The Balaban J connectivity index is 2.96. The summed E-state index contributed by atoms with van der Waals surface area (Å²) in [6, 6.07) is 6.95. The molecule has 0 atom stereocenters. The van der Waals surface area contributed by atoms with Gasteiger partial charge in [0.1, 0.15) is 0 Å². The first-order valence-electron chi connectivity index (χ1n) is 4.32. The van der Waals surface area contributed by atoms with Crippen molar-refractivity contribution in [3.63, 3.8) is 0 Å². The van der Waals surface area contributed by atoms with Gasteiger partial charge in [-0.05, 0) is 23.9 Å². The van der Waals surface area contributed by atoms with Gasteiger partial charge in [0.05, 0.1) is 0 Å². The maximum absolute atomic E-state index is 11.1. The molecule has 0 saturated heterocycles. The molecule has 5 heteroatoms. The molecule has 0 bridgehead atoms. The maximum atomic E-state index is 11.1. The predicted octanol–water partition coefficient (Wildman–Crippen LogP) is 1.79. The number of fused-ring (bicyclic) bond motifs is 1. The van der Waals surface area contributed by atoms with Crippen LogP contribution in [-0.2, 0) is 10.1 Å². The Hall–Kier alpha value is -1.46. The molecule has 0 amide bonds. The van der Waals surface area contributed by atoms with Crippen LogP contribution in [0.3, 0.4) is 0 Å². The van der Waals surface area contributed by atoms with Gasteiger partial charge in [-0.1, -0.05) is 18.2 Å². The number of nitrogens with zero attached hydrogens (tertiary/aromatic N) is 1. The highest BCUT2D eigenvalue weighted by molar-refractivity contribution is 7.86. The van der Waals surface area contributed by atoms with Crippen molar-refractivity contribution < 1.29 is 13.0 Å². The van der Waals surface area contributed by atoms with Crippen molar-refractivity contribution in [2.45, 2.75) is 11.9 Å². The lowest BCUT2D eigenvalue weighted by atomic mass is 10.1. The monoisotopic (exact) mass is 223 g/mol. The lowest BCUT2D eigenvalue weighted by Crippen LogP contribution is -2.02. The van der Waals surface area contributed by atoms with Crippen molar-refractivity contribution in [2.75, 3.05) is 0 Å². The van der Waals surface area contributed by atoms with Crippen LogP contribution >= 0.6 is 0 Å². The molecule has 0 aliphatic carbocycles. The van der Waals surface area contributed by atoms with Gasteiger partial charge in [-0.15, -0.1) is 0 Å². The molecule has 15 heavy (non-hydrogen) atoms. The fourth-order valence-corrected chi connectivity index (χ4v) is 2.19. The number of aromatic nitrogens is 1. The summed E-state index contributed by atoms with van der Waals surface area (Å²) in [7, 11) is -4.26. The van der Waals surface area contributed by atoms with E-state index in [4.69, 9.17) is 4.55 Å². The summed E-state index contributed by atoms with van der Waals surface area (Å²) >= 11 is 0. The topological polar surface area (TPSA) is 67.3 Å². The summed E-state index contributed by atoms with van der Waals surface area (Å²) in [5.74, 6) is 0. The van der Waals surface area contributed by atoms with E-state index < -0.39 is 10.1 Å². The summed E-state index contributed by atoms with van der Waals surface area (Å²) in [4.78, 5) is 3.68. The van der Waals surface area contributed by atoms with Gasteiger partial charge in [0.25, 0.3) is 0 Å². The van der Waals surface area contributed by atoms with E-state index in [0.29, 0.717) is 5.39 Å². The van der Waals surface area contributed by atoms with E-state index in [1.165, 1.54) is 6.20 Å². The van der Waals surface area contributed by atoms with Gasteiger partial charge in [-0.3, -0.25) is 4.55 Å². The largest absolute Gasteiger partial charge is 0.312 e. The number of aryl methyl sites for hydroxylation is 1. The summed E-state index contributed by atoms with van der Waals surface area (Å²) in [5.41, 5.74) is 0.944. The second-order valence-corrected chi connectivity index (χ2v) is 4.60. The minimum Gasteiger partial charge on any atom is -0.281 e. The second kappa shape index (κ2) is 3.29. The maximum Gasteiger partial charge on any atom is 0.312 e. The molecule has 1 aromatic heterocycles. The standard InChI is InChI=1S/C10H9NO3S/c1-7-3-2-4-9-8(7)5-6-11-10(9)15(12,13)14/h2-6H,1H3,(H,12,13,14). The van der Waals surface area contributed by atoms with Crippen LogP contribution in [0.4, 0.5) is 0 Å². The number of benzene rings is 1. The number of hydrogen-bond donors (Lipinski definition) is 1. The lowest BCUT2D eigenvalue weighted by Gasteiger charge is -2.04. The summed E-state index contributed by atoms with van der Waals surface area (Å²) in [5, 5.41) is 0.934. The summed E-state index contributed by atoms with van der Waals surface area (Å²) in [6.07, 6.45) is 1.37. The van der Waals surface area contributed by atoms with Gasteiger partial charge in [0.2, 0.25) is 0 Å². The quantitative estimate of drug-likeness (QED) is 0.748. The first-order valence-corrected chi connectivity index (χ1v) is 5.76. The van der Waals surface area contributed by atoms with E-state index in [9.17, 15) is 8.42 Å². The first-order chi connectivity index (χ1) is 7.00. The third-order valence-corrected chi connectivity index (χ3v) is 3.05. The minimum absolute atomic E-state index is 0.288. The number of rotatable bonds is 1. The fraction of sp³-hybridized carbons (Fsp3) is 0.100. The highest BCUT2D eigenvalue weighted by Crippen LogP contribution is 2.22. The third kappa shape index (κ3) is 1.71. The average Bonchev–Trinajstić information content (AvgIpc) is 2.16. The Bertz CT molecular complexity index is 620. The molecule has 0 spiro atoms. The van der Waals surface area contributed by atoms with Gasteiger partial charge in [0, 0.05) is 11.6 Å². The lowest BCUT2D eigenvalue weighted by molar-refractivity contribution is 0.480. The van der Waals surface area contributed by atoms with E-state index in [0.717, 1.165) is 10.9 Å². The zero-order valence-electron chi connectivity index (χ0n) is 8.01. The normalized spacial score (nSPS) is 11.9. The molecule has 1 heterocycles. The minimum atomic E-state index is -4.26. The molecular weight excluding hydrogens is 214 g/mol. The van der Waals surface area contributed by atoms with E-state index in [1.54, 1.807) is 18.2 Å². The van der Waals surface area contributed by atoms with Crippen LogP contribution in [-0.4, -0.2) is 18.0 Å². The third-order valence-electron chi connectivity index (χ3n) is 2.23. The smallest absolute Gasteiger partial charge is 0.281 e. The fourth-order valence-electron chi connectivity index (χ4n) is 1.54. The van der Waals surface area contributed by atoms with Crippen molar-refractivity contribution in [1.82, 2.24) is 4.98 Å². The average molecular weight is 223 g/mol. The van der Waals surface area contributed by atoms with Crippen molar-refractivity contribution in [3.8, 4) is 0 Å². The molecule has 1 N–H and O–H groups in total. The molecule has 0 aliphatic heterocycles. The zero-order chi connectivity index (χ0) is 11.1. The van der Waals surface area contributed by atoms with E-state index in [-0.39, 0.29) is 5.03 Å². The van der Waals surface area contributed by atoms with E-state index in [2.05, 4.69) is 4.98 Å². The van der Waals surface area contributed by atoms with Gasteiger partial charge in [0.15, 0.2) is 5.03 Å². The van der Waals surface area contributed by atoms with E-state index >= 15 is 0 Å². The Morgan fingerprint density at radius 2 is 1.93 bits per heavy atom. The van der Waals surface area contributed by atoms with Crippen LogP contribution in [0.2, 0.25) is 0 Å². The summed E-state index contributed by atoms with van der Waals surface area (Å²) < 4.78 is 31.1. The Morgan fingerprint density at radius 3 is 2.60 bits per heavy atom.